The Kier molecular flexibility index (Phi) is 4.61. The maximum absolute atomic E-state index is 12.2. The number of hydrogen-bond acceptors (Lipinski definition) is 4. The summed E-state index contributed by atoms with van der Waals surface area (Å²) < 4.78 is 5.20. The number of carbonyl (C=O) groups is 1. The lowest BCUT2D eigenvalue weighted by molar-refractivity contribution is 0.0943. The fourth-order valence-electron chi connectivity index (χ4n) is 2.33. The Bertz CT molecular complexity index is 842. The van der Waals surface area contributed by atoms with Crippen molar-refractivity contribution >= 4 is 17.3 Å². The maximum atomic E-state index is 12.2. The summed E-state index contributed by atoms with van der Waals surface area (Å²) in [6.07, 6.45) is 3.20. The molecule has 0 radical (unpaired) electrons. The lowest BCUT2D eigenvalue weighted by Crippen LogP contribution is -2.23. The molecule has 3 rings (SSSR count). The van der Waals surface area contributed by atoms with Crippen LogP contribution in [0.3, 0.4) is 0 Å². The molecule has 0 aliphatic heterocycles. The number of nitrogens with one attached hydrogen (secondary N) is 2. The third-order valence-electron chi connectivity index (χ3n) is 3.67. The van der Waals surface area contributed by atoms with Gasteiger partial charge < -0.3 is 15.1 Å². The van der Waals surface area contributed by atoms with Gasteiger partial charge >= 0.3 is 0 Å². The molecule has 0 fully saturated rings. The molecule has 0 saturated heterocycles. The van der Waals surface area contributed by atoms with Gasteiger partial charge in [0, 0.05) is 17.6 Å². The Balaban J connectivity index is 1.71. The average molecular weight is 321 g/mol. The molecule has 24 heavy (non-hydrogen) atoms. The van der Waals surface area contributed by atoms with Gasteiger partial charge in [0.05, 0.1) is 12.8 Å². The van der Waals surface area contributed by atoms with Gasteiger partial charge in [-0.05, 0) is 55.3 Å². The average Bonchev–Trinajstić information content (AvgIpc) is 3.10. The smallest absolute Gasteiger partial charge is 0.270 e. The second-order valence-electron chi connectivity index (χ2n) is 5.64. The number of aryl methyl sites for hydroxylation is 2. The number of carbonyl (C=O) groups excluding carboxylic acids is 1. The normalized spacial score (nSPS) is 10.4. The van der Waals surface area contributed by atoms with Gasteiger partial charge in [-0.3, -0.25) is 9.78 Å². The van der Waals surface area contributed by atoms with Crippen LogP contribution in [0.2, 0.25) is 0 Å². The first-order valence-electron chi connectivity index (χ1n) is 7.73. The van der Waals surface area contributed by atoms with Crippen LogP contribution in [0.5, 0.6) is 0 Å². The highest BCUT2D eigenvalue weighted by Crippen LogP contribution is 2.21. The number of pyridine rings is 1. The molecule has 0 saturated carbocycles. The third-order valence-corrected chi connectivity index (χ3v) is 3.67. The molecule has 2 aromatic heterocycles. The molecule has 2 N–H and O–H groups in total. The van der Waals surface area contributed by atoms with Crippen molar-refractivity contribution in [2.45, 2.75) is 20.4 Å². The molecule has 5 nitrogen and oxygen atoms in total. The van der Waals surface area contributed by atoms with Gasteiger partial charge in [0.1, 0.15) is 11.5 Å². The van der Waals surface area contributed by atoms with Gasteiger partial charge in [-0.15, -0.1) is 0 Å². The third kappa shape index (κ3) is 3.81. The van der Waals surface area contributed by atoms with E-state index in [4.69, 9.17) is 4.42 Å². The number of aromatic nitrogens is 1. The van der Waals surface area contributed by atoms with E-state index in [9.17, 15) is 4.79 Å². The molecule has 0 atom stereocenters. The van der Waals surface area contributed by atoms with Crippen molar-refractivity contribution in [3.05, 3.63) is 77.5 Å². The Hall–Kier alpha value is -3.08. The van der Waals surface area contributed by atoms with E-state index < -0.39 is 0 Å². The first-order valence-corrected chi connectivity index (χ1v) is 7.73. The van der Waals surface area contributed by atoms with Crippen LogP contribution in [0.4, 0.5) is 11.4 Å². The summed E-state index contributed by atoms with van der Waals surface area (Å²) in [4.78, 5) is 16.4. The minimum Gasteiger partial charge on any atom is -0.467 e. The van der Waals surface area contributed by atoms with Gasteiger partial charge in [-0.25, -0.2) is 0 Å². The molecular weight excluding hydrogens is 302 g/mol. The number of benzene rings is 1. The van der Waals surface area contributed by atoms with Crippen molar-refractivity contribution in [3.8, 4) is 0 Å². The molecule has 0 aliphatic rings. The SMILES string of the molecule is Cc1ccc(C)c(Nc2ccnc(C(=O)NCc3ccco3)c2)c1. The second-order valence-corrected chi connectivity index (χ2v) is 5.64. The number of anilines is 2. The van der Waals surface area contributed by atoms with Crippen molar-refractivity contribution in [1.82, 2.24) is 10.3 Å². The summed E-state index contributed by atoms with van der Waals surface area (Å²) in [7, 11) is 0. The zero-order valence-electron chi connectivity index (χ0n) is 13.7. The Morgan fingerprint density at radius 3 is 2.83 bits per heavy atom. The topological polar surface area (TPSA) is 67.2 Å². The minimum absolute atomic E-state index is 0.240. The van der Waals surface area contributed by atoms with Crippen molar-refractivity contribution in [1.29, 1.82) is 0 Å². The second kappa shape index (κ2) is 7.00. The minimum atomic E-state index is -0.240. The Morgan fingerprint density at radius 2 is 2.04 bits per heavy atom. The quantitative estimate of drug-likeness (QED) is 0.746. The van der Waals surface area contributed by atoms with Gasteiger partial charge in [-0.1, -0.05) is 12.1 Å². The van der Waals surface area contributed by atoms with Gasteiger partial charge in [0.2, 0.25) is 0 Å². The summed E-state index contributed by atoms with van der Waals surface area (Å²) in [5.41, 5.74) is 4.51. The van der Waals surface area contributed by atoms with Gasteiger partial charge in [0.25, 0.3) is 5.91 Å². The molecule has 1 amide bonds. The molecule has 0 spiro atoms. The zero-order valence-corrected chi connectivity index (χ0v) is 13.7. The van der Waals surface area contributed by atoms with E-state index in [-0.39, 0.29) is 5.91 Å². The standard InChI is InChI=1S/C19H19N3O2/c1-13-5-6-14(2)17(10-13)22-15-7-8-20-18(11-15)19(23)21-12-16-4-3-9-24-16/h3-11H,12H2,1-2H3,(H,20,22)(H,21,23). The molecule has 0 bridgehead atoms. The molecule has 2 heterocycles. The summed E-state index contributed by atoms with van der Waals surface area (Å²) in [6, 6.07) is 13.4. The molecule has 0 aliphatic carbocycles. The first-order chi connectivity index (χ1) is 11.6. The highest BCUT2D eigenvalue weighted by atomic mass is 16.3. The highest BCUT2D eigenvalue weighted by molar-refractivity contribution is 5.93. The van der Waals surface area contributed by atoms with E-state index in [1.54, 1.807) is 24.6 Å². The van der Waals surface area contributed by atoms with Crippen LogP contribution in [0, 0.1) is 13.8 Å². The van der Waals surface area contributed by atoms with Crippen LogP contribution >= 0.6 is 0 Å². The molecule has 0 unspecified atom stereocenters. The van der Waals surface area contributed by atoms with Crippen molar-refractivity contribution in [2.75, 3.05) is 5.32 Å². The van der Waals surface area contributed by atoms with Crippen molar-refractivity contribution in [2.24, 2.45) is 0 Å². The predicted molar refractivity (Wildman–Crippen MR) is 93.3 cm³/mol. The van der Waals surface area contributed by atoms with Crippen LogP contribution in [-0.2, 0) is 6.54 Å². The molecule has 3 aromatic rings. The van der Waals surface area contributed by atoms with E-state index >= 15 is 0 Å². The lowest BCUT2D eigenvalue weighted by Gasteiger charge is -2.11. The monoisotopic (exact) mass is 321 g/mol. The number of hydrogen-bond donors (Lipinski definition) is 2. The number of nitrogens with zero attached hydrogens (tertiary/aromatic N) is 1. The summed E-state index contributed by atoms with van der Waals surface area (Å²) in [5, 5.41) is 6.13. The summed E-state index contributed by atoms with van der Waals surface area (Å²) in [6.45, 7) is 4.42. The van der Waals surface area contributed by atoms with E-state index in [1.165, 1.54) is 5.56 Å². The molecule has 5 heteroatoms. The summed E-state index contributed by atoms with van der Waals surface area (Å²) >= 11 is 0. The number of furan rings is 1. The molecular formula is C19H19N3O2. The largest absolute Gasteiger partial charge is 0.467 e. The fourth-order valence-corrected chi connectivity index (χ4v) is 2.33. The van der Waals surface area contributed by atoms with E-state index in [1.807, 2.05) is 26.0 Å². The van der Waals surface area contributed by atoms with Crippen molar-refractivity contribution in [3.63, 3.8) is 0 Å². The highest BCUT2D eigenvalue weighted by Gasteiger charge is 2.09. The van der Waals surface area contributed by atoms with Crippen LogP contribution in [0.1, 0.15) is 27.4 Å². The fraction of sp³-hybridized carbons (Fsp3) is 0.158. The number of amides is 1. The van der Waals surface area contributed by atoms with Gasteiger partial charge in [0.15, 0.2) is 0 Å². The van der Waals surface area contributed by atoms with Crippen molar-refractivity contribution < 1.29 is 9.21 Å². The van der Waals surface area contributed by atoms with Gasteiger partial charge in [-0.2, -0.15) is 0 Å². The molecule has 122 valence electrons. The Morgan fingerprint density at radius 1 is 1.17 bits per heavy atom. The Labute approximate surface area is 140 Å². The summed E-state index contributed by atoms with van der Waals surface area (Å²) in [5.74, 6) is 0.462. The lowest BCUT2D eigenvalue weighted by atomic mass is 10.1. The van der Waals surface area contributed by atoms with Crippen LogP contribution in [0.25, 0.3) is 0 Å². The predicted octanol–water partition coefficient (Wildman–Crippen LogP) is 3.97. The van der Waals surface area contributed by atoms with Crippen LogP contribution in [-0.4, -0.2) is 10.9 Å². The molecule has 1 aromatic carbocycles. The zero-order chi connectivity index (χ0) is 16.9. The van der Waals surface area contributed by atoms with Crippen LogP contribution in [0.15, 0.2) is 59.3 Å². The van der Waals surface area contributed by atoms with E-state index in [2.05, 4.69) is 33.8 Å². The first kappa shape index (κ1) is 15.8. The maximum Gasteiger partial charge on any atom is 0.270 e. The van der Waals surface area contributed by atoms with Crippen LogP contribution < -0.4 is 10.6 Å². The van der Waals surface area contributed by atoms with E-state index in [0.717, 1.165) is 16.9 Å². The number of rotatable bonds is 5. The van der Waals surface area contributed by atoms with E-state index in [0.29, 0.717) is 18.0 Å².